The minimum absolute atomic E-state index is 0.0852. The van der Waals surface area contributed by atoms with E-state index in [0.717, 1.165) is 24.5 Å². The first-order chi connectivity index (χ1) is 9.60. The van der Waals surface area contributed by atoms with Crippen LogP contribution in [-0.2, 0) is 5.41 Å². The molecule has 0 unspecified atom stereocenters. The highest BCUT2D eigenvalue weighted by molar-refractivity contribution is 5.49. The van der Waals surface area contributed by atoms with Gasteiger partial charge in [0.2, 0.25) is 0 Å². The number of hydrogen-bond donors (Lipinski definition) is 1. The zero-order chi connectivity index (χ0) is 16.3. The molecule has 3 nitrogen and oxygen atoms in total. The zero-order valence-corrected chi connectivity index (χ0v) is 14.9. The Hall–Kier alpha value is -1.22. The molecule has 0 bridgehead atoms. The third kappa shape index (κ3) is 4.92. The van der Waals surface area contributed by atoms with Gasteiger partial charge >= 0.3 is 0 Å². The van der Waals surface area contributed by atoms with Crippen molar-refractivity contribution in [2.75, 3.05) is 20.8 Å². The highest BCUT2D eigenvalue weighted by Crippen LogP contribution is 2.37. The van der Waals surface area contributed by atoms with Crippen LogP contribution in [0.4, 0.5) is 0 Å². The van der Waals surface area contributed by atoms with Crippen LogP contribution < -0.4 is 14.8 Å². The molecule has 0 aliphatic rings. The highest BCUT2D eigenvalue weighted by atomic mass is 16.5. The van der Waals surface area contributed by atoms with Crippen molar-refractivity contribution in [3.8, 4) is 11.5 Å². The smallest absolute Gasteiger partial charge is 0.161 e. The first-order valence-electron chi connectivity index (χ1n) is 7.59. The van der Waals surface area contributed by atoms with Crippen LogP contribution in [0.3, 0.4) is 0 Å². The van der Waals surface area contributed by atoms with Crippen molar-refractivity contribution in [3.63, 3.8) is 0 Å². The molecule has 0 aromatic heterocycles. The summed E-state index contributed by atoms with van der Waals surface area (Å²) in [5, 5.41) is 3.56. The molecule has 21 heavy (non-hydrogen) atoms. The summed E-state index contributed by atoms with van der Waals surface area (Å²) in [6.07, 6.45) is 1.07. The van der Waals surface area contributed by atoms with Gasteiger partial charge in [-0.1, -0.05) is 13.8 Å². The van der Waals surface area contributed by atoms with E-state index >= 15 is 0 Å². The minimum atomic E-state index is 0.0852. The summed E-state index contributed by atoms with van der Waals surface area (Å²) in [6.45, 7) is 14.3. The van der Waals surface area contributed by atoms with Gasteiger partial charge in [0.15, 0.2) is 11.5 Å². The summed E-state index contributed by atoms with van der Waals surface area (Å²) in [7, 11) is 3.36. The molecule has 1 rings (SSSR count). The van der Waals surface area contributed by atoms with Gasteiger partial charge in [0.25, 0.3) is 0 Å². The van der Waals surface area contributed by atoms with E-state index in [4.69, 9.17) is 9.47 Å². The molecule has 0 radical (unpaired) electrons. The normalized spacial score (nSPS) is 12.4. The van der Waals surface area contributed by atoms with Crippen LogP contribution >= 0.6 is 0 Å². The summed E-state index contributed by atoms with van der Waals surface area (Å²) < 4.78 is 10.8. The third-order valence-corrected chi connectivity index (χ3v) is 3.87. The highest BCUT2D eigenvalue weighted by Gasteiger charge is 2.25. The van der Waals surface area contributed by atoms with Gasteiger partial charge < -0.3 is 14.8 Å². The van der Waals surface area contributed by atoms with E-state index in [0.29, 0.717) is 0 Å². The van der Waals surface area contributed by atoms with Crippen LogP contribution in [0.15, 0.2) is 12.1 Å². The van der Waals surface area contributed by atoms with Crippen molar-refractivity contribution in [1.82, 2.24) is 5.32 Å². The van der Waals surface area contributed by atoms with Gasteiger partial charge in [-0.2, -0.15) is 0 Å². The molecule has 0 amide bonds. The fourth-order valence-corrected chi connectivity index (χ4v) is 2.59. The molecule has 1 aromatic rings. The maximum absolute atomic E-state index is 5.45. The molecule has 0 aliphatic carbocycles. The second kappa shape index (κ2) is 6.69. The summed E-state index contributed by atoms with van der Waals surface area (Å²) in [4.78, 5) is 0. The predicted molar refractivity (Wildman–Crippen MR) is 89.7 cm³/mol. The Kier molecular flexibility index (Phi) is 5.68. The molecule has 0 fully saturated rings. The average molecular weight is 293 g/mol. The van der Waals surface area contributed by atoms with Gasteiger partial charge in [-0.25, -0.2) is 0 Å². The lowest BCUT2D eigenvalue weighted by Crippen LogP contribution is -2.38. The minimum Gasteiger partial charge on any atom is -0.493 e. The van der Waals surface area contributed by atoms with Crippen molar-refractivity contribution in [2.45, 2.75) is 58.9 Å². The van der Waals surface area contributed by atoms with E-state index < -0.39 is 0 Å². The number of methoxy groups -OCH3 is 2. The Morgan fingerprint density at radius 3 is 1.95 bits per heavy atom. The number of ether oxygens (including phenoxy) is 2. The Morgan fingerprint density at radius 1 is 0.952 bits per heavy atom. The van der Waals surface area contributed by atoms with Crippen molar-refractivity contribution in [3.05, 3.63) is 23.3 Å². The maximum Gasteiger partial charge on any atom is 0.161 e. The molecule has 0 aliphatic heterocycles. The fraction of sp³-hybridized carbons (Fsp3) is 0.667. The first-order valence-corrected chi connectivity index (χ1v) is 7.59. The lowest BCUT2D eigenvalue weighted by Gasteiger charge is -2.30. The quantitative estimate of drug-likeness (QED) is 0.857. The molecule has 0 heterocycles. The zero-order valence-electron chi connectivity index (χ0n) is 14.9. The van der Waals surface area contributed by atoms with E-state index in [2.05, 4.69) is 59.0 Å². The van der Waals surface area contributed by atoms with Gasteiger partial charge in [0.05, 0.1) is 14.2 Å². The number of hydrogen-bond acceptors (Lipinski definition) is 3. The van der Waals surface area contributed by atoms with E-state index in [1.54, 1.807) is 14.2 Å². The SMILES string of the molecule is COc1cc(C)c(C(C)(C)CCNC(C)(C)C)cc1OC. The molecule has 0 spiro atoms. The van der Waals surface area contributed by atoms with Crippen LogP contribution in [0.5, 0.6) is 11.5 Å². The number of benzene rings is 1. The Bertz CT molecular complexity index is 473. The Labute approximate surface area is 130 Å². The number of aryl methyl sites for hydroxylation is 1. The van der Waals surface area contributed by atoms with Crippen LogP contribution in [0.1, 0.15) is 52.2 Å². The summed E-state index contributed by atoms with van der Waals surface area (Å²) in [5.41, 5.74) is 2.80. The number of rotatable bonds is 6. The largest absolute Gasteiger partial charge is 0.493 e. The van der Waals surface area contributed by atoms with E-state index in [1.807, 2.05) is 0 Å². The maximum atomic E-state index is 5.45. The predicted octanol–water partition coefficient (Wildman–Crippen LogP) is 4.07. The second-order valence-corrected chi connectivity index (χ2v) is 7.33. The molecule has 0 atom stereocenters. The Balaban J connectivity index is 2.96. The van der Waals surface area contributed by atoms with Gasteiger partial charge in [0.1, 0.15) is 0 Å². The van der Waals surface area contributed by atoms with Crippen LogP contribution in [-0.4, -0.2) is 26.3 Å². The second-order valence-electron chi connectivity index (χ2n) is 7.33. The number of nitrogens with one attached hydrogen (secondary N) is 1. The Morgan fingerprint density at radius 2 is 1.48 bits per heavy atom. The van der Waals surface area contributed by atoms with Crippen molar-refractivity contribution < 1.29 is 9.47 Å². The summed E-state index contributed by atoms with van der Waals surface area (Å²) in [5.74, 6) is 1.59. The topological polar surface area (TPSA) is 30.5 Å². The lowest BCUT2D eigenvalue weighted by atomic mass is 9.79. The van der Waals surface area contributed by atoms with Gasteiger partial charge in [-0.05, 0) is 69.3 Å². The first kappa shape index (κ1) is 17.8. The van der Waals surface area contributed by atoms with Crippen LogP contribution in [0.2, 0.25) is 0 Å². The molecule has 1 N–H and O–H groups in total. The molecule has 0 saturated heterocycles. The van der Waals surface area contributed by atoms with Crippen molar-refractivity contribution in [2.24, 2.45) is 0 Å². The van der Waals surface area contributed by atoms with E-state index in [9.17, 15) is 0 Å². The monoisotopic (exact) mass is 293 g/mol. The van der Waals surface area contributed by atoms with Crippen LogP contribution in [0, 0.1) is 6.92 Å². The molecular formula is C18H31NO2. The third-order valence-electron chi connectivity index (χ3n) is 3.87. The van der Waals surface area contributed by atoms with Gasteiger partial charge in [0, 0.05) is 5.54 Å². The molecule has 120 valence electrons. The molecule has 1 aromatic carbocycles. The summed E-state index contributed by atoms with van der Waals surface area (Å²) >= 11 is 0. The van der Waals surface area contributed by atoms with Gasteiger partial charge in [-0.3, -0.25) is 0 Å². The van der Waals surface area contributed by atoms with E-state index in [1.165, 1.54) is 11.1 Å². The van der Waals surface area contributed by atoms with Crippen LogP contribution in [0.25, 0.3) is 0 Å². The molecular weight excluding hydrogens is 262 g/mol. The molecule has 0 saturated carbocycles. The van der Waals surface area contributed by atoms with E-state index in [-0.39, 0.29) is 11.0 Å². The van der Waals surface area contributed by atoms with Crippen molar-refractivity contribution in [1.29, 1.82) is 0 Å². The molecule has 3 heteroatoms. The lowest BCUT2D eigenvalue weighted by molar-refractivity contribution is 0.350. The average Bonchev–Trinajstić information content (AvgIpc) is 2.36. The van der Waals surface area contributed by atoms with Gasteiger partial charge in [-0.15, -0.1) is 0 Å². The fourth-order valence-electron chi connectivity index (χ4n) is 2.59. The van der Waals surface area contributed by atoms with Crippen molar-refractivity contribution >= 4 is 0 Å². The summed E-state index contributed by atoms with van der Waals surface area (Å²) in [6, 6.07) is 4.18. The standard InChI is InChI=1S/C18H31NO2/c1-13-11-15(20-7)16(21-8)12-14(13)18(5,6)9-10-19-17(2,3)4/h11-12,19H,9-10H2,1-8H3.